The SMILES string of the molecule is CN1CCC2(CCN(C(=O)c3ccc4c(c3)OCCO4)CC2)C1=O. The van der Waals surface area contributed by atoms with Gasteiger partial charge in [0.25, 0.3) is 5.91 Å². The standard InChI is InChI=1S/C18H22N2O4/c1-19-7-4-18(17(19)22)5-8-20(9-6-18)16(21)13-2-3-14-15(12-13)24-11-10-23-14/h2-3,12H,4-11H2,1H3. The average molecular weight is 330 g/mol. The van der Waals surface area contributed by atoms with Crippen LogP contribution in [0.4, 0.5) is 0 Å². The first-order valence-electron chi connectivity index (χ1n) is 8.54. The number of likely N-dealkylation sites (tertiary alicyclic amines) is 2. The number of amides is 2. The van der Waals surface area contributed by atoms with E-state index in [0.29, 0.717) is 43.4 Å². The molecule has 2 saturated heterocycles. The molecule has 4 rings (SSSR count). The minimum absolute atomic E-state index is 0.000578. The Morgan fingerprint density at radius 2 is 1.71 bits per heavy atom. The Bertz CT molecular complexity index is 680. The molecule has 3 aliphatic heterocycles. The highest BCUT2D eigenvalue weighted by Crippen LogP contribution is 2.41. The Labute approximate surface area is 141 Å². The third-order valence-corrected chi connectivity index (χ3v) is 5.52. The van der Waals surface area contributed by atoms with Gasteiger partial charge >= 0.3 is 0 Å². The van der Waals surface area contributed by atoms with Gasteiger partial charge in [-0.3, -0.25) is 9.59 Å². The second-order valence-corrected chi connectivity index (χ2v) is 6.91. The lowest BCUT2D eigenvalue weighted by Crippen LogP contribution is -2.46. The van der Waals surface area contributed by atoms with Crippen LogP contribution in [-0.2, 0) is 4.79 Å². The van der Waals surface area contributed by atoms with Gasteiger partial charge in [-0.25, -0.2) is 0 Å². The van der Waals surface area contributed by atoms with Gasteiger partial charge in [-0.2, -0.15) is 0 Å². The second kappa shape index (κ2) is 5.69. The zero-order chi connectivity index (χ0) is 16.7. The van der Waals surface area contributed by atoms with Crippen molar-refractivity contribution in [3.63, 3.8) is 0 Å². The zero-order valence-electron chi connectivity index (χ0n) is 13.9. The molecule has 0 bridgehead atoms. The van der Waals surface area contributed by atoms with Crippen molar-refractivity contribution >= 4 is 11.8 Å². The van der Waals surface area contributed by atoms with Crippen molar-refractivity contribution in [2.45, 2.75) is 19.3 Å². The number of rotatable bonds is 1. The van der Waals surface area contributed by atoms with Crippen molar-refractivity contribution in [3.05, 3.63) is 23.8 Å². The van der Waals surface area contributed by atoms with Crippen molar-refractivity contribution in [3.8, 4) is 11.5 Å². The van der Waals surface area contributed by atoms with Crippen LogP contribution in [0.25, 0.3) is 0 Å². The van der Waals surface area contributed by atoms with Crippen molar-refractivity contribution < 1.29 is 19.1 Å². The highest BCUT2D eigenvalue weighted by atomic mass is 16.6. The van der Waals surface area contributed by atoms with Crippen LogP contribution in [0.2, 0.25) is 0 Å². The monoisotopic (exact) mass is 330 g/mol. The summed E-state index contributed by atoms with van der Waals surface area (Å²) < 4.78 is 11.1. The summed E-state index contributed by atoms with van der Waals surface area (Å²) >= 11 is 0. The van der Waals surface area contributed by atoms with Crippen molar-refractivity contribution in [2.75, 3.05) is 39.9 Å². The van der Waals surface area contributed by atoms with Gasteiger partial charge in [0.1, 0.15) is 13.2 Å². The van der Waals surface area contributed by atoms with Gasteiger partial charge in [0.05, 0.1) is 5.41 Å². The highest BCUT2D eigenvalue weighted by Gasteiger charge is 2.47. The number of benzene rings is 1. The lowest BCUT2D eigenvalue weighted by Gasteiger charge is -2.37. The molecule has 0 radical (unpaired) electrons. The third-order valence-electron chi connectivity index (χ3n) is 5.52. The summed E-state index contributed by atoms with van der Waals surface area (Å²) in [5.41, 5.74) is 0.378. The van der Waals surface area contributed by atoms with E-state index in [4.69, 9.17) is 9.47 Å². The van der Waals surface area contributed by atoms with Gasteiger partial charge in [0.15, 0.2) is 11.5 Å². The molecule has 0 N–H and O–H groups in total. The molecule has 128 valence electrons. The van der Waals surface area contributed by atoms with Gasteiger partial charge in [0.2, 0.25) is 5.91 Å². The average Bonchev–Trinajstić information content (AvgIpc) is 2.90. The number of nitrogens with zero attached hydrogens (tertiary/aromatic N) is 2. The van der Waals surface area contributed by atoms with Crippen LogP contribution in [0.5, 0.6) is 11.5 Å². The fraction of sp³-hybridized carbons (Fsp3) is 0.556. The first-order chi connectivity index (χ1) is 11.6. The van der Waals surface area contributed by atoms with Crippen LogP contribution in [0, 0.1) is 5.41 Å². The van der Waals surface area contributed by atoms with E-state index in [9.17, 15) is 9.59 Å². The van der Waals surface area contributed by atoms with E-state index >= 15 is 0 Å². The molecule has 6 nitrogen and oxygen atoms in total. The van der Waals surface area contributed by atoms with Gasteiger partial charge in [-0.05, 0) is 37.5 Å². The minimum Gasteiger partial charge on any atom is -0.486 e. The number of fused-ring (bicyclic) bond motifs is 1. The normalized spacial score (nSPS) is 22.1. The van der Waals surface area contributed by atoms with Gasteiger partial charge in [-0.15, -0.1) is 0 Å². The van der Waals surface area contributed by atoms with E-state index < -0.39 is 0 Å². The molecule has 0 aliphatic carbocycles. The number of hydrogen-bond acceptors (Lipinski definition) is 4. The van der Waals surface area contributed by atoms with Crippen molar-refractivity contribution in [2.24, 2.45) is 5.41 Å². The molecule has 1 aromatic carbocycles. The van der Waals surface area contributed by atoms with Crippen LogP contribution in [0.1, 0.15) is 29.6 Å². The van der Waals surface area contributed by atoms with E-state index in [-0.39, 0.29) is 17.2 Å². The Hall–Kier alpha value is -2.24. The fourth-order valence-corrected chi connectivity index (χ4v) is 3.96. The van der Waals surface area contributed by atoms with Crippen LogP contribution in [-0.4, -0.2) is 61.5 Å². The van der Waals surface area contributed by atoms with Gasteiger partial charge in [-0.1, -0.05) is 0 Å². The van der Waals surface area contributed by atoms with Crippen LogP contribution >= 0.6 is 0 Å². The molecule has 6 heteroatoms. The maximum atomic E-state index is 12.8. The molecule has 0 saturated carbocycles. The Balaban J connectivity index is 1.46. The second-order valence-electron chi connectivity index (χ2n) is 6.91. The summed E-state index contributed by atoms with van der Waals surface area (Å²) in [6.07, 6.45) is 2.42. The molecule has 3 heterocycles. The largest absolute Gasteiger partial charge is 0.486 e. The molecule has 0 aromatic heterocycles. The predicted molar refractivity (Wildman–Crippen MR) is 87.3 cm³/mol. The van der Waals surface area contributed by atoms with Crippen LogP contribution in [0.3, 0.4) is 0 Å². The maximum Gasteiger partial charge on any atom is 0.253 e. The molecule has 0 unspecified atom stereocenters. The molecule has 2 amide bonds. The smallest absolute Gasteiger partial charge is 0.253 e. The topological polar surface area (TPSA) is 59.1 Å². The lowest BCUT2D eigenvalue weighted by molar-refractivity contribution is -0.137. The van der Waals surface area contributed by atoms with E-state index in [1.165, 1.54) is 0 Å². The number of ether oxygens (including phenoxy) is 2. The molecule has 3 aliphatic rings. The Kier molecular flexibility index (Phi) is 3.62. The fourth-order valence-electron chi connectivity index (χ4n) is 3.96. The summed E-state index contributed by atoms with van der Waals surface area (Å²) in [6, 6.07) is 5.34. The number of hydrogen-bond donors (Lipinski definition) is 0. The Morgan fingerprint density at radius 1 is 1.04 bits per heavy atom. The summed E-state index contributed by atoms with van der Waals surface area (Å²) in [5.74, 6) is 1.57. The molecule has 2 fully saturated rings. The molecular formula is C18H22N2O4. The van der Waals surface area contributed by atoms with Crippen LogP contribution in [0.15, 0.2) is 18.2 Å². The van der Waals surface area contributed by atoms with Crippen LogP contribution < -0.4 is 9.47 Å². The van der Waals surface area contributed by atoms with E-state index in [1.54, 1.807) is 18.2 Å². The van der Waals surface area contributed by atoms with Gasteiger partial charge < -0.3 is 19.3 Å². The predicted octanol–water partition coefficient (Wildman–Crippen LogP) is 1.54. The van der Waals surface area contributed by atoms with Crippen molar-refractivity contribution in [1.29, 1.82) is 0 Å². The number of carbonyl (C=O) groups is 2. The first kappa shape index (κ1) is 15.3. The number of carbonyl (C=O) groups excluding carboxylic acids is 2. The molecule has 1 spiro atoms. The zero-order valence-corrected chi connectivity index (χ0v) is 13.9. The van der Waals surface area contributed by atoms with E-state index in [2.05, 4.69) is 0 Å². The molecule has 0 atom stereocenters. The lowest BCUT2D eigenvalue weighted by atomic mass is 9.77. The Morgan fingerprint density at radius 3 is 2.38 bits per heavy atom. The van der Waals surface area contributed by atoms with E-state index in [0.717, 1.165) is 25.8 Å². The molecule has 24 heavy (non-hydrogen) atoms. The minimum atomic E-state index is -0.238. The quantitative estimate of drug-likeness (QED) is 0.784. The van der Waals surface area contributed by atoms with Crippen molar-refractivity contribution in [1.82, 2.24) is 9.80 Å². The highest BCUT2D eigenvalue weighted by molar-refractivity contribution is 5.95. The number of piperidine rings is 1. The summed E-state index contributed by atoms with van der Waals surface area (Å²) in [5, 5.41) is 0. The summed E-state index contributed by atoms with van der Waals surface area (Å²) in [6.45, 7) is 3.14. The molecular weight excluding hydrogens is 308 g/mol. The first-order valence-corrected chi connectivity index (χ1v) is 8.54. The van der Waals surface area contributed by atoms with E-state index in [1.807, 2.05) is 16.8 Å². The van der Waals surface area contributed by atoms with Gasteiger partial charge in [0, 0.05) is 32.2 Å². The maximum absolute atomic E-state index is 12.8. The summed E-state index contributed by atoms with van der Waals surface area (Å²) in [4.78, 5) is 28.8. The summed E-state index contributed by atoms with van der Waals surface area (Å²) in [7, 11) is 1.86. The third kappa shape index (κ3) is 2.41. The molecule has 1 aromatic rings.